The lowest BCUT2D eigenvalue weighted by Gasteiger charge is -2.05. The molecule has 0 aliphatic rings. The van der Waals surface area contributed by atoms with Crippen molar-refractivity contribution in [2.45, 2.75) is 0 Å². The van der Waals surface area contributed by atoms with E-state index in [1.165, 1.54) is 9.21 Å². The highest BCUT2D eigenvalue weighted by atomic mass is 127. The summed E-state index contributed by atoms with van der Waals surface area (Å²) in [6.45, 7) is 3.75. The van der Waals surface area contributed by atoms with Crippen molar-refractivity contribution in [2.24, 2.45) is 0 Å². The molecule has 0 radical (unpaired) electrons. The van der Waals surface area contributed by atoms with Crippen LogP contribution in [0.2, 0.25) is 0 Å². The fourth-order valence-electron chi connectivity index (χ4n) is 0.731. The van der Waals surface area contributed by atoms with Crippen molar-refractivity contribution >= 4 is 30.4 Å². The van der Waals surface area contributed by atoms with Gasteiger partial charge in [0.2, 0.25) is 0 Å². The number of hydrogen-bond acceptors (Lipinski definition) is 6. The minimum absolute atomic E-state index is 0.0535. The van der Waals surface area contributed by atoms with Gasteiger partial charge in [0.1, 0.15) is 0 Å². The number of ether oxygens (including phenoxy) is 3. The maximum Gasteiger partial charge on any atom is 0.0857 e. The maximum atomic E-state index is 8.41. The second kappa shape index (κ2) is 14.9. The SMILES string of the molecule is OCCOCCOCCOCCOSI. The third-order valence-corrected chi connectivity index (χ3v) is 2.35. The normalized spacial score (nSPS) is 10.8. The van der Waals surface area contributed by atoms with Gasteiger partial charge in [0.25, 0.3) is 0 Å². The predicted octanol–water partition coefficient (Wildman–Crippen LogP) is 1.04. The second-order valence-electron chi connectivity index (χ2n) is 2.45. The van der Waals surface area contributed by atoms with E-state index >= 15 is 0 Å². The Morgan fingerprint density at radius 3 is 1.73 bits per heavy atom. The molecule has 0 aliphatic carbocycles. The lowest BCUT2D eigenvalue weighted by atomic mass is 10.7. The minimum atomic E-state index is 0.0535. The third kappa shape index (κ3) is 14.9. The summed E-state index contributed by atoms with van der Waals surface area (Å²) in [5.74, 6) is 0. The molecule has 0 bridgehead atoms. The Kier molecular flexibility index (Phi) is 15.8. The van der Waals surface area contributed by atoms with Crippen LogP contribution in [0.15, 0.2) is 0 Å². The van der Waals surface area contributed by atoms with Gasteiger partial charge in [-0.3, -0.25) is 0 Å². The summed E-state index contributed by atoms with van der Waals surface area (Å²) in [7, 11) is 1.30. The first-order chi connectivity index (χ1) is 7.41. The molecule has 5 nitrogen and oxygen atoms in total. The van der Waals surface area contributed by atoms with E-state index < -0.39 is 0 Å². The highest BCUT2D eigenvalue weighted by molar-refractivity contribution is 14.2. The van der Waals surface area contributed by atoms with E-state index in [9.17, 15) is 0 Å². The van der Waals surface area contributed by atoms with E-state index in [0.29, 0.717) is 46.2 Å². The summed E-state index contributed by atoms with van der Waals surface area (Å²) in [5, 5.41) is 8.41. The van der Waals surface area contributed by atoms with Crippen LogP contribution < -0.4 is 0 Å². The Labute approximate surface area is 107 Å². The van der Waals surface area contributed by atoms with Gasteiger partial charge < -0.3 is 23.5 Å². The van der Waals surface area contributed by atoms with E-state index in [4.69, 9.17) is 23.5 Å². The van der Waals surface area contributed by atoms with E-state index in [2.05, 4.69) is 21.2 Å². The van der Waals surface area contributed by atoms with Crippen LogP contribution in [-0.2, 0) is 18.4 Å². The molecule has 0 aromatic carbocycles. The van der Waals surface area contributed by atoms with Crippen LogP contribution in [0.25, 0.3) is 0 Å². The highest BCUT2D eigenvalue weighted by Gasteiger charge is 1.91. The van der Waals surface area contributed by atoms with Gasteiger partial charge in [0, 0.05) is 21.2 Å². The Morgan fingerprint density at radius 2 is 1.27 bits per heavy atom. The lowest BCUT2D eigenvalue weighted by molar-refractivity contribution is 0.00451. The average molecular weight is 352 g/mol. The Hall–Kier alpha value is 0.880. The summed E-state index contributed by atoms with van der Waals surface area (Å²) in [6.07, 6.45) is 0. The molecule has 0 aliphatic heterocycles. The summed E-state index contributed by atoms with van der Waals surface area (Å²) in [4.78, 5) is 0. The number of hydrogen-bond donors (Lipinski definition) is 1. The average Bonchev–Trinajstić information content (AvgIpc) is 2.26. The zero-order valence-corrected chi connectivity index (χ0v) is 11.5. The number of aliphatic hydroxyl groups excluding tert-OH is 1. The van der Waals surface area contributed by atoms with Gasteiger partial charge in [-0.15, -0.1) is 0 Å². The van der Waals surface area contributed by atoms with Gasteiger partial charge in [-0.2, -0.15) is 0 Å². The fraction of sp³-hybridized carbons (Fsp3) is 1.00. The quantitative estimate of drug-likeness (QED) is 0.322. The first-order valence-corrected chi connectivity index (χ1v) is 7.94. The van der Waals surface area contributed by atoms with Crippen molar-refractivity contribution in [3.8, 4) is 0 Å². The van der Waals surface area contributed by atoms with Crippen LogP contribution in [0.5, 0.6) is 0 Å². The molecule has 0 aromatic heterocycles. The predicted molar refractivity (Wildman–Crippen MR) is 67.1 cm³/mol. The number of rotatable bonds is 12. The Bertz CT molecular complexity index is 107. The molecule has 0 atom stereocenters. The maximum absolute atomic E-state index is 8.41. The highest BCUT2D eigenvalue weighted by Crippen LogP contribution is 2.10. The molecule has 0 unspecified atom stereocenters. The largest absolute Gasteiger partial charge is 0.394 e. The number of aliphatic hydroxyl groups is 1. The molecule has 0 amide bonds. The topological polar surface area (TPSA) is 57.2 Å². The van der Waals surface area contributed by atoms with Crippen molar-refractivity contribution in [1.29, 1.82) is 0 Å². The van der Waals surface area contributed by atoms with Crippen molar-refractivity contribution in [2.75, 3.05) is 52.9 Å². The van der Waals surface area contributed by atoms with Gasteiger partial charge in [-0.25, -0.2) is 0 Å². The molecule has 7 heteroatoms. The van der Waals surface area contributed by atoms with Crippen LogP contribution in [0.3, 0.4) is 0 Å². The third-order valence-electron chi connectivity index (χ3n) is 1.34. The van der Waals surface area contributed by atoms with Gasteiger partial charge in [-0.1, -0.05) is 0 Å². The number of halogens is 1. The monoisotopic (exact) mass is 352 g/mol. The van der Waals surface area contributed by atoms with E-state index in [1.807, 2.05) is 0 Å². The Morgan fingerprint density at radius 1 is 0.800 bits per heavy atom. The van der Waals surface area contributed by atoms with Gasteiger partial charge in [0.15, 0.2) is 0 Å². The molecular formula is C8H17IO5S. The van der Waals surface area contributed by atoms with Crippen molar-refractivity contribution in [3.63, 3.8) is 0 Å². The standard InChI is InChI=1S/C8H17IO5S/c9-15-14-8-7-13-6-5-12-4-3-11-2-1-10/h10H,1-8H2. The molecule has 0 heterocycles. The summed E-state index contributed by atoms with van der Waals surface area (Å²) in [5.41, 5.74) is 0. The van der Waals surface area contributed by atoms with Gasteiger partial charge in [-0.05, 0) is 0 Å². The zero-order chi connectivity index (χ0) is 11.2. The van der Waals surface area contributed by atoms with Crippen LogP contribution in [-0.4, -0.2) is 58.0 Å². The fourth-order valence-corrected chi connectivity index (χ4v) is 1.40. The molecule has 15 heavy (non-hydrogen) atoms. The summed E-state index contributed by atoms with van der Waals surface area (Å²) in [6, 6.07) is 0. The first kappa shape index (κ1) is 15.9. The van der Waals surface area contributed by atoms with Crippen molar-refractivity contribution < 1.29 is 23.5 Å². The lowest BCUT2D eigenvalue weighted by Crippen LogP contribution is -2.11. The summed E-state index contributed by atoms with van der Waals surface area (Å²) >= 11 is 2.06. The first-order valence-electron chi connectivity index (χ1n) is 4.66. The van der Waals surface area contributed by atoms with E-state index in [0.717, 1.165) is 0 Å². The molecule has 0 rings (SSSR count). The molecule has 0 saturated carbocycles. The van der Waals surface area contributed by atoms with Crippen LogP contribution in [0.1, 0.15) is 0 Å². The van der Waals surface area contributed by atoms with Gasteiger partial charge in [0.05, 0.1) is 62.1 Å². The molecular weight excluding hydrogens is 335 g/mol. The van der Waals surface area contributed by atoms with Crippen LogP contribution in [0, 0.1) is 0 Å². The van der Waals surface area contributed by atoms with E-state index in [-0.39, 0.29) is 6.61 Å². The van der Waals surface area contributed by atoms with E-state index in [1.54, 1.807) is 0 Å². The molecule has 0 saturated heterocycles. The van der Waals surface area contributed by atoms with Crippen LogP contribution >= 0.6 is 30.4 Å². The van der Waals surface area contributed by atoms with Crippen LogP contribution in [0.4, 0.5) is 0 Å². The zero-order valence-electron chi connectivity index (χ0n) is 8.52. The Balaban J connectivity index is 2.81. The smallest absolute Gasteiger partial charge is 0.0857 e. The summed E-state index contributed by atoms with van der Waals surface area (Å²) < 4.78 is 20.4. The minimum Gasteiger partial charge on any atom is -0.394 e. The molecule has 1 N–H and O–H groups in total. The molecule has 0 aromatic rings. The van der Waals surface area contributed by atoms with Crippen molar-refractivity contribution in [1.82, 2.24) is 0 Å². The second-order valence-corrected chi connectivity index (χ2v) is 3.89. The molecule has 0 spiro atoms. The van der Waals surface area contributed by atoms with Gasteiger partial charge >= 0.3 is 0 Å². The molecule has 92 valence electrons. The van der Waals surface area contributed by atoms with Crippen molar-refractivity contribution in [3.05, 3.63) is 0 Å². The molecule has 0 fully saturated rings.